The van der Waals surface area contributed by atoms with Crippen LogP contribution >= 0.6 is 0 Å². The highest BCUT2D eigenvalue weighted by Crippen LogP contribution is 2.17. The number of rotatable bonds is 4. The number of piperazine rings is 1. The largest absolute Gasteiger partial charge is 0.508 e. The van der Waals surface area contributed by atoms with Crippen LogP contribution in [0.25, 0.3) is 0 Å². The number of halogens is 1. The normalized spacial score (nSPS) is 19.5. The molecule has 1 unspecified atom stereocenters. The van der Waals surface area contributed by atoms with Crippen LogP contribution in [0.1, 0.15) is 25.8 Å². The van der Waals surface area contributed by atoms with Gasteiger partial charge in [0.15, 0.2) is 0 Å². The molecule has 1 fully saturated rings. The molecule has 1 aromatic rings. The molecule has 4 heteroatoms. The summed E-state index contributed by atoms with van der Waals surface area (Å²) >= 11 is 0. The predicted molar refractivity (Wildman–Crippen MR) is 74.7 cm³/mol. The zero-order valence-electron chi connectivity index (χ0n) is 11.8. The molecule has 1 N–H and O–H groups in total. The van der Waals surface area contributed by atoms with Crippen molar-refractivity contribution in [2.75, 3.05) is 26.2 Å². The molecule has 1 saturated heterocycles. The van der Waals surface area contributed by atoms with Gasteiger partial charge in [-0.05, 0) is 31.0 Å². The van der Waals surface area contributed by atoms with Gasteiger partial charge in [-0.3, -0.25) is 9.80 Å². The fourth-order valence-corrected chi connectivity index (χ4v) is 2.60. The van der Waals surface area contributed by atoms with Crippen molar-refractivity contribution in [2.45, 2.75) is 32.9 Å². The van der Waals surface area contributed by atoms with Gasteiger partial charge in [-0.1, -0.05) is 6.92 Å². The van der Waals surface area contributed by atoms with Gasteiger partial charge < -0.3 is 5.11 Å². The average molecular weight is 266 g/mol. The maximum absolute atomic E-state index is 13.2. The SMILES string of the molecule is CCC(C)N1CCN(Cc2cc(O)cc(F)c2)CC1. The van der Waals surface area contributed by atoms with Crippen LogP contribution in [0.3, 0.4) is 0 Å². The Balaban J connectivity index is 1.88. The molecule has 1 aromatic carbocycles. The van der Waals surface area contributed by atoms with Crippen LogP contribution in [-0.2, 0) is 6.54 Å². The van der Waals surface area contributed by atoms with Crippen LogP contribution in [0.2, 0.25) is 0 Å². The Hall–Kier alpha value is -1.13. The van der Waals surface area contributed by atoms with E-state index in [0.717, 1.165) is 37.8 Å². The minimum absolute atomic E-state index is 0.00763. The maximum Gasteiger partial charge on any atom is 0.127 e. The molecule has 1 atom stereocenters. The fraction of sp³-hybridized carbons (Fsp3) is 0.600. The average Bonchev–Trinajstić information content (AvgIpc) is 2.37. The highest BCUT2D eigenvalue weighted by Gasteiger charge is 2.20. The summed E-state index contributed by atoms with van der Waals surface area (Å²) in [5, 5.41) is 9.40. The lowest BCUT2D eigenvalue weighted by atomic mass is 10.1. The fourth-order valence-electron chi connectivity index (χ4n) is 2.60. The third-order valence-electron chi connectivity index (χ3n) is 3.97. The van der Waals surface area contributed by atoms with Gasteiger partial charge in [0.2, 0.25) is 0 Å². The molecule has 0 aromatic heterocycles. The summed E-state index contributed by atoms with van der Waals surface area (Å²) in [6, 6.07) is 4.93. The lowest BCUT2D eigenvalue weighted by Crippen LogP contribution is -2.48. The van der Waals surface area contributed by atoms with E-state index in [2.05, 4.69) is 23.6 Å². The van der Waals surface area contributed by atoms with Gasteiger partial charge in [0.25, 0.3) is 0 Å². The predicted octanol–water partition coefficient (Wildman–Crippen LogP) is 2.45. The zero-order chi connectivity index (χ0) is 13.8. The molecular formula is C15H23FN2O. The number of nitrogens with zero attached hydrogens (tertiary/aromatic N) is 2. The molecule has 19 heavy (non-hydrogen) atoms. The van der Waals surface area contributed by atoms with E-state index >= 15 is 0 Å². The first-order valence-corrected chi connectivity index (χ1v) is 7.03. The van der Waals surface area contributed by atoms with E-state index < -0.39 is 0 Å². The Morgan fingerprint density at radius 2 is 1.89 bits per heavy atom. The zero-order valence-corrected chi connectivity index (χ0v) is 11.8. The molecule has 3 nitrogen and oxygen atoms in total. The second-order valence-corrected chi connectivity index (χ2v) is 5.39. The number of hydrogen-bond acceptors (Lipinski definition) is 3. The van der Waals surface area contributed by atoms with Gasteiger partial charge in [0.1, 0.15) is 11.6 Å². The van der Waals surface area contributed by atoms with Crippen molar-refractivity contribution >= 4 is 0 Å². The monoisotopic (exact) mass is 266 g/mol. The van der Waals surface area contributed by atoms with Crippen molar-refractivity contribution in [1.29, 1.82) is 0 Å². The van der Waals surface area contributed by atoms with Crippen LogP contribution in [0.15, 0.2) is 18.2 Å². The van der Waals surface area contributed by atoms with E-state index in [4.69, 9.17) is 0 Å². The summed E-state index contributed by atoms with van der Waals surface area (Å²) in [6.07, 6.45) is 1.18. The number of hydrogen-bond donors (Lipinski definition) is 1. The summed E-state index contributed by atoms with van der Waals surface area (Å²) in [4.78, 5) is 4.81. The summed E-state index contributed by atoms with van der Waals surface area (Å²) in [5.41, 5.74) is 0.842. The van der Waals surface area contributed by atoms with E-state index in [1.165, 1.54) is 12.5 Å². The first kappa shape index (κ1) is 14.3. The highest BCUT2D eigenvalue weighted by atomic mass is 19.1. The Kier molecular flexibility index (Phi) is 4.77. The molecular weight excluding hydrogens is 243 g/mol. The molecule has 106 valence electrons. The van der Waals surface area contributed by atoms with Crippen molar-refractivity contribution in [2.24, 2.45) is 0 Å². The second kappa shape index (κ2) is 6.35. The van der Waals surface area contributed by atoms with Crippen molar-refractivity contribution < 1.29 is 9.50 Å². The highest BCUT2D eigenvalue weighted by molar-refractivity contribution is 5.28. The Morgan fingerprint density at radius 1 is 1.21 bits per heavy atom. The van der Waals surface area contributed by atoms with E-state index in [1.807, 2.05) is 0 Å². The third-order valence-corrected chi connectivity index (χ3v) is 3.97. The third kappa shape index (κ3) is 3.91. The van der Waals surface area contributed by atoms with Gasteiger partial charge in [0, 0.05) is 44.8 Å². The van der Waals surface area contributed by atoms with Crippen molar-refractivity contribution in [1.82, 2.24) is 9.80 Å². The van der Waals surface area contributed by atoms with Crippen LogP contribution in [0.4, 0.5) is 4.39 Å². The van der Waals surface area contributed by atoms with Gasteiger partial charge in [-0.2, -0.15) is 0 Å². The Bertz CT molecular complexity index is 396. The number of aromatic hydroxyl groups is 1. The van der Waals surface area contributed by atoms with Crippen LogP contribution in [0, 0.1) is 5.82 Å². The minimum Gasteiger partial charge on any atom is -0.508 e. The van der Waals surface area contributed by atoms with E-state index in [0.29, 0.717) is 12.6 Å². The smallest absolute Gasteiger partial charge is 0.127 e. The number of benzene rings is 1. The lowest BCUT2D eigenvalue weighted by Gasteiger charge is -2.37. The van der Waals surface area contributed by atoms with Crippen molar-refractivity contribution in [3.8, 4) is 5.75 Å². The van der Waals surface area contributed by atoms with E-state index in [1.54, 1.807) is 6.07 Å². The van der Waals surface area contributed by atoms with Crippen LogP contribution in [-0.4, -0.2) is 47.1 Å². The first-order chi connectivity index (χ1) is 9.08. The molecule has 0 spiro atoms. The number of phenols is 1. The standard InChI is InChI=1S/C15H23FN2O/c1-3-12(2)18-6-4-17(5-7-18)11-13-8-14(16)10-15(19)9-13/h8-10,12,19H,3-7,11H2,1-2H3. The molecule has 1 heterocycles. The van der Waals surface area contributed by atoms with Gasteiger partial charge in [-0.25, -0.2) is 4.39 Å². The minimum atomic E-state index is -0.367. The first-order valence-electron chi connectivity index (χ1n) is 7.03. The van der Waals surface area contributed by atoms with Crippen molar-refractivity contribution in [3.63, 3.8) is 0 Å². The summed E-state index contributed by atoms with van der Waals surface area (Å²) in [7, 11) is 0. The molecule has 1 aliphatic heterocycles. The quantitative estimate of drug-likeness (QED) is 0.907. The molecule has 0 bridgehead atoms. The topological polar surface area (TPSA) is 26.7 Å². The molecule has 1 aliphatic rings. The molecule has 0 amide bonds. The van der Waals surface area contributed by atoms with Crippen LogP contribution in [0.5, 0.6) is 5.75 Å². The lowest BCUT2D eigenvalue weighted by molar-refractivity contribution is 0.0963. The Labute approximate surface area is 114 Å². The second-order valence-electron chi connectivity index (χ2n) is 5.39. The van der Waals surface area contributed by atoms with Crippen molar-refractivity contribution in [3.05, 3.63) is 29.6 Å². The van der Waals surface area contributed by atoms with Gasteiger partial charge in [-0.15, -0.1) is 0 Å². The number of phenolic OH excluding ortho intramolecular Hbond substituents is 1. The summed E-state index contributed by atoms with van der Waals surface area (Å²) < 4.78 is 13.2. The molecule has 0 saturated carbocycles. The summed E-state index contributed by atoms with van der Waals surface area (Å²) in [5.74, 6) is -0.360. The van der Waals surface area contributed by atoms with Gasteiger partial charge >= 0.3 is 0 Å². The van der Waals surface area contributed by atoms with E-state index in [9.17, 15) is 9.50 Å². The van der Waals surface area contributed by atoms with E-state index in [-0.39, 0.29) is 11.6 Å². The Morgan fingerprint density at radius 3 is 2.47 bits per heavy atom. The van der Waals surface area contributed by atoms with Gasteiger partial charge in [0.05, 0.1) is 0 Å². The molecule has 2 rings (SSSR count). The summed E-state index contributed by atoms with van der Waals surface area (Å²) in [6.45, 7) is 9.32. The molecule has 0 radical (unpaired) electrons. The molecule has 0 aliphatic carbocycles. The maximum atomic E-state index is 13.2. The van der Waals surface area contributed by atoms with Crippen LogP contribution < -0.4 is 0 Å².